The highest BCUT2D eigenvalue weighted by molar-refractivity contribution is 5.80. The average molecular weight is 255 g/mol. The van der Waals surface area contributed by atoms with Crippen LogP contribution in [-0.4, -0.2) is 36.8 Å². The molecule has 0 spiro atoms. The van der Waals surface area contributed by atoms with Crippen LogP contribution < -0.4 is 10.6 Å². The molecule has 1 aliphatic carbocycles. The Morgan fingerprint density at radius 1 is 1.28 bits per heavy atom. The lowest BCUT2D eigenvalue weighted by atomic mass is 9.80. The number of nitrogens with zero attached hydrogens (tertiary/aromatic N) is 1. The molecule has 0 saturated heterocycles. The summed E-state index contributed by atoms with van der Waals surface area (Å²) in [4.78, 5) is 4.32. The lowest BCUT2D eigenvalue weighted by molar-refractivity contribution is 0.250. The number of guanidine groups is 1. The smallest absolute Gasteiger partial charge is 0.191 e. The maximum atomic E-state index is 8.82. The molecule has 4 nitrogen and oxygen atoms in total. The van der Waals surface area contributed by atoms with E-state index in [-0.39, 0.29) is 6.61 Å². The monoisotopic (exact) mass is 255 g/mol. The predicted octanol–water partition coefficient (Wildman–Crippen LogP) is 1.75. The van der Waals surface area contributed by atoms with Gasteiger partial charge in [-0.05, 0) is 44.4 Å². The molecule has 0 radical (unpaired) electrons. The van der Waals surface area contributed by atoms with E-state index >= 15 is 0 Å². The molecular weight excluding hydrogens is 226 g/mol. The molecule has 0 aromatic rings. The molecule has 1 aliphatic rings. The van der Waals surface area contributed by atoms with E-state index in [1.165, 1.54) is 25.7 Å². The second-order valence-electron chi connectivity index (χ2n) is 5.48. The Morgan fingerprint density at radius 2 is 1.94 bits per heavy atom. The zero-order valence-corrected chi connectivity index (χ0v) is 12.1. The van der Waals surface area contributed by atoms with Crippen LogP contribution in [0.4, 0.5) is 0 Å². The quantitative estimate of drug-likeness (QED) is 0.518. The molecule has 0 bridgehead atoms. The van der Waals surface area contributed by atoms with Crippen molar-refractivity contribution in [3.05, 3.63) is 0 Å². The number of aliphatic hydroxyl groups is 1. The van der Waals surface area contributed by atoms with Crippen LogP contribution in [0.2, 0.25) is 0 Å². The predicted molar refractivity (Wildman–Crippen MR) is 76.8 cm³/mol. The molecule has 4 heteroatoms. The number of aliphatic imine (C=N–C) groups is 1. The molecule has 0 unspecified atom stereocenters. The number of aliphatic hydroxyl groups excluding tert-OH is 1. The Morgan fingerprint density at radius 3 is 2.44 bits per heavy atom. The molecule has 1 rings (SSSR count). The van der Waals surface area contributed by atoms with Gasteiger partial charge in [-0.2, -0.15) is 0 Å². The highest BCUT2D eigenvalue weighted by atomic mass is 16.3. The van der Waals surface area contributed by atoms with Gasteiger partial charge in [0.2, 0.25) is 0 Å². The van der Waals surface area contributed by atoms with Gasteiger partial charge in [0, 0.05) is 12.6 Å². The largest absolute Gasteiger partial charge is 0.394 e. The molecule has 1 fully saturated rings. The lowest BCUT2D eigenvalue weighted by Gasteiger charge is -2.32. The minimum absolute atomic E-state index is 0.108. The molecule has 18 heavy (non-hydrogen) atoms. The van der Waals surface area contributed by atoms with E-state index in [2.05, 4.69) is 36.4 Å². The van der Waals surface area contributed by atoms with E-state index in [4.69, 9.17) is 5.11 Å². The van der Waals surface area contributed by atoms with Gasteiger partial charge in [0.15, 0.2) is 5.96 Å². The van der Waals surface area contributed by atoms with Crippen LogP contribution in [0.3, 0.4) is 0 Å². The molecular formula is C14H29N3O. The Balaban J connectivity index is 2.37. The van der Waals surface area contributed by atoms with Crippen LogP contribution in [0.5, 0.6) is 0 Å². The minimum atomic E-state index is 0.108. The van der Waals surface area contributed by atoms with Crippen molar-refractivity contribution in [2.75, 3.05) is 19.7 Å². The van der Waals surface area contributed by atoms with Gasteiger partial charge in [-0.25, -0.2) is 0 Å². The summed E-state index contributed by atoms with van der Waals surface area (Å²) in [5.41, 5.74) is 0. The third-order valence-electron chi connectivity index (χ3n) is 3.77. The fraction of sp³-hybridized carbons (Fsp3) is 0.929. The Hall–Kier alpha value is -0.770. The van der Waals surface area contributed by atoms with Gasteiger partial charge in [0.1, 0.15) is 0 Å². The van der Waals surface area contributed by atoms with E-state index in [1.54, 1.807) is 0 Å². The molecule has 106 valence electrons. The molecule has 1 saturated carbocycles. The standard InChI is InChI=1S/C14H29N3O/c1-4-15-14(16-9-10-18)17-13-7-5-12(6-8-13)11(2)3/h11-13,18H,4-10H2,1-3H3,(H2,15,16,17). The molecule has 0 amide bonds. The zero-order chi connectivity index (χ0) is 13.4. The van der Waals surface area contributed by atoms with E-state index in [9.17, 15) is 0 Å². The van der Waals surface area contributed by atoms with Gasteiger partial charge in [0.25, 0.3) is 0 Å². The first-order valence-electron chi connectivity index (χ1n) is 7.33. The van der Waals surface area contributed by atoms with Crippen molar-refractivity contribution in [1.82, 2.24) is 10.6 Å². The average Bonchev–Trinajstić information content (AvgIpc) is 2.37. The van der Waals surface area contributed by atoms with Crippen molar-refractivity contribution >= 4 is 5.96 Å². The summed E-state index contributed by atoms with van der Waals surface area (Å²) in [5, 5.41) is 15.5. The zero-order valence-electron chi connectivity index (χ0n) is 12.1. The fourth-order valence-electron chi connectivity index (χ4n) is 2.61. The summed E-state index contributed by atoms with van der Waals surface area (Å²) >= 11 is 0. The third-order valence-corrected chi connectivity index (χ3v) is 3.77. The van der Waals surface area contributed by atoms with Crippen molar-refractivity contribution < 1.29 is 5.11 Å². The first-order valence-corrected chi connectivity index (χ1v) is 7.33. The van der Waals surface area contributed by atoms with Crippen LogP contribution in [0, 0.1) is 11.8 Å². The second kappa shape index (κ2) is 8.35. The molecule has 0 aromatic heterocycles. The summed E-state index contributed by atoms with van der Waals surface area (Å²) in [6, 6.07) is 0.538. The summed E-state index contributed by atoms with van der Waals surface area (Å²) < 4.78 is 0. The van der Waals surface area contributed by atoms with Gasteiger partial charge >= 0.3 is 0 Å². The van der Waals surface area contributed by atoms with E-state index in [1.807, 2.05) is 0 Å². The maximum absolute atomic E-state index is 8.82. The van der Waals surface area contributed by atoms with Crippen molar-refractivity contribution in [2.45, 2.75) is 52.5 Å². The van der Waals surface area contributed by atoms with Crippen LogP contribution in [-0.2, 0) is 0 Å². The molecule has 0 heterocycles. The van der Waals surface area contributed by atoms with Crippen LogP contribution in [0.1, 0.15) is 46.5 Å². The van der Waals surface area contributed by atoms with E-state index in [0.717, 1.165) is 24.3 Å². The molecule has 0 aromatic carbocycles. The number of hydrogen-bond donors (Lipinski definition) is 3. The van der Waals surface area contributed by atoms with Gasteiger partial charge in [0.05, 0.1) is 13.2 Å². The Labute approximate surface area is 111 Å². The second-order valence-corrected chi connectivity index (χ2v) is 5.48. The van der Waals surface area contributed by atoms with Crippen molar-refractivity contribution in [1.29, 1.82) is 0 Å². The van der Waals surface area contributed by atoms with E-state index < -0.39 is 0 Å². The molecule has 3 N–H and O–H groups in total. The topological polar surface area (TPSA) is 56.7 Å². The van der Waals surface area contributed by atoms with Gasteiger partial charge < -0.3 is 15.7 Å². The summed E-state index contributed by atoms with van der Waals surface area (Å²) in [6.45, 7) is 8.15. The van der Waals surface area contributed by atoms with Gasteiger partial charge in [-0.3, -0.25) is 4.99 Å². The number of rotatable bonds is 5. The van der Waals surface area contributed by atoms with Crippen LogP contribution in [0.15, 0.2) is 4.99 Å². The highest BCUT2D eigenvalue weighted by Crippen LogP contribution is 2.29. The Bertz CT molecular complexity index is 245. The first-order chi connectivity index (χ1) is 8.67. The molecule has 0 atom stereocenters. The summed E-state index contributed by atoms with van der Waals surface area (Å²) in [5.74, 6) is 2.54. The summed E-state index contributed by atoms with van der Waals surface area (Å²) in [6.07, 6.45) is 5.09. The maximum Gasteiger partial charge on any atom is 0.191 e. The van der Waals surface area contributed by atoms with Crippen LogP contribution in [0.25, 0.3) is 0 Å². The lowest BCUT2D eigenvalue weighted by Crippen LogP contribution is -2.45. The van der Waals surface area contributed by atoms with Gasteiger partial charge in [-0.1, -0.05) is 13.8 Å². The van der Waals surface area contributed by atoms with Crippen LogP contribution >= 0.6 is 0 Å². The summed E-state index contributed by atoms with van der Waals surface area (Å²) in [7, 11) is 0. The molecule has 0 aliphatic heterocycles. The van der Waals surface area contributed by atoms with Crippen molar-refractivity contribution in [3.8, 4) is 0 Å². The number of nitrogens with one attached hydrogen (secondary N) is 2. The Kier molecular flexibility index (Phi) is 7.09. The third kappa shape index (κ3) is 5.25. The number of hydrogen-bond acceptors (Lipinski definition) is 2. The van der Waals surface area contributed by atoms with Crippen molar-refractivity contribution in [3.63, 3.8) is 0 Å². The normalized spacial score (nSPS) is 25.3. The first kappa shape index (κ1) is 15.3. The van der Waals surface area contributed by atoms with Crippen molar-refractivity contribution in [2.24, 2.45) is 16.8 Å². The van der Waals surface area contributed by atoms with Gasteiger partial charge in [-0.15, -0.1) is 0 Å². The highest BCUT2D eigenvalue weighted by Gasteiger charge is 2.23. The minimum Gasteiger partial charge on any atom is -0.394 e. The van der Waals surface area contributed by atoms with E-state index in [0.29, 0.717) is 12.6 Å². The SMILES string of the molecule is CCNC(=NCCO)NC1CCC(C(C)C)CC1. The fourth-order valence-corrected chi connectivity index (χ4v) is 2.61.